The second-order valence-corrected chi connectivity index (χ2v) is 0.895. The van der Waals surface area contributed by atoms with E-state index in [0.29, 0.717) is 0 Å². The van der Waals surface area contributed by atoms with Gasteiger partial charge in [-0.25, -0.2) is 0 Å². The van der Waals surface area contributed by atoms with Crippen molar-refractivity contribution >= 4 is 0 Å². The molecular weight excluding hydrogens is 303 g/mol. The first-order valence-corrected chi connectivity index (χ1v) is 3.14. The Bertz CT molecular complexity index is 80.0. The van der Waals surface area contributed by atoms with E-state index in [-0.39, 0.29) is 0 Å². The molecule has 0 fully saturated rings. The average Bonchev–Trinajstić information content (AvgIpc) is 1.39. The van der Waals surface area contributed by atoms with Crippen molar-refractivity contribution in [2.75, 3.05) is 0 Å². The second kappa shape index (κ2) is 17.7. The third-order valence-electron chi connectivity index (χ3n) is 0. The minimum atomic E-state index is -2.00. The van der Waals surface area contributed by atoms with Gasteiger partial charge in [0.15, 0.2) is 0 Å². The molecule has 0 saturated heterocycles. The van der Waals surface area contributed by atoms with E-state index in [9.17, 15) is 0 Å². The van der Waals surface area contributed by atoms with Crippen molar-refractivity contribution in [2.24, 2.45) is 0 Å². The molecule has 0 bridgehead atoms. The van der Waals surface area contributed by atoms with Crippen LogP contribution in [0.4, 0.5) is 0 Å². The second-order valence-electron chi connectivity index (χ2n) is 0.151. The van der Waals surface area contributed by atoms with E-state index in [4.69, 9.17) is 11.9 Å². The zero-order chi connectivity index (χ0) is 5.41. The van der Waals surface area contributed by atoms with Crippen molar-refractivity contribution < 1.29 is 46.8 Å². The third kappa shape index (κ3) is 193. The van der Waals surface area contributed by atoms with E-state index in [1.165, 1.54) is 0 Å². The van der Waals surface area contributed by atoms with Crippen LogP contribution in [0.2, 0.25) is 0 Å². The number of hydrogen-bond donors (Lipinski definition) is 0. The molecule has 0 aromatic carbocycles. The van der Waals surface area contributed by atoms with Gasteiger partial charge in [0.1, 0.15) is 0 Å². The van der Waals surface area contributed by atoms with Gasteiger partial charge in [-0.15, -0.1) is 0 Å². The Balaban J connectivity index is 0. The molecule has 6 heavy (non-hydrogen) atoms. The van der Waals surface area contributed by atoms with Crippen molar-refractivity contribution in [1.82, 2.24) is 0 Å². The van der Waals surface area contributed by atoms with Gasteiger partial charge in [0.2, 0.25) is 0 Å². The summed E-state index contributed by atoms with van der Waals surface area (Å²) >= 11 is -0.267. The predicted molar refractivity (Wildman–Crippen MR) is 6.99 cm³/mol. The summed E-state index contributed by atoms with van der Waals surface area (Å²) in [5.41, 5.74) is 0. The molecule has 0 atom stereocenters. The molecule has 0 N–H and O–H groups in total. The Morgan fingerprint density at radius 3 is 1.67 bits per heavy atom. The molecule has 0 unspecified atom stereocenters. The topological polar surface area (TPSA) is 57.9 Å². The minimum absolute atomic E-state index is 1.69. The summed E-state index contributed by atoms with van der Waals surface area (Å²) in [7, 11) is 0. The van der Waals surface area contributed by atoms with Crippen LogP contribution in [0, 0.1) is 9.55 Å². The van der Waals surface area contributed by atoms with Gasteiger partial charge in [-0.1, -0.05) is 0 Å². The summed E-state index contributed by atoms with van der Waals surface area (Å²) in [6, 6.07) is 0. The third-order valence-corrected chi connectivity index (χ3v) is 0. The summed E-state index contributed by atoms with van der Waals surface area (Å²) in [5.74, 6) is 0. The molecule has 0 rings (SSSR count). The Hall–Kier alpha value is 0.545. The van der Waals surface area contributed by atoms with Gasteiger partial charge in [-0.05, 0) is 0 Å². The quantitative estimate of drug-likeness (QED) is 0.581. The summed E-state index contributed by atoms with van der Waals surface area (Å²) in [5, 5.41) is 7.29. The van der Waals surface area contributed by atoms with E-state index in [1.807, 2.05) is 0 Å². The maximum absolute atomic E-state index is 8.50. The molecule has 0 aromatic heterocycles. The van der Waals surface area contributed by atoms with Crippen LogP contribution >= 0.6 is 0 Å². The molecule has 0 aliphatic carbocycles. The van der Waals surface area contributed by atoms with Crippen LogP contribution in [-0.2, 0) is 46.8 Å². The van der Waals surface area contributed by atoms with Crippen molar-refractivity contribution in [1.29, 1.82) is 5.26 Å². The average molecular weight is 303 g/mol. The fourth-order valence-corrected chi connectivity index (χ4v) is 0. The van der Waals surface area contributed by atoms with Crippen LogP contribution in [0.3, 0.4) is 0 Å². The van der Waals surface area contributed by atoms with E-state index in [2.05, 4.69) is 0 Å². The fourth-order valence-electron chi connectivity index (χ4n) is 0. The summed E-state index contributed by atoms with van der Waals surface area (Å²) in [6.45, 7) is 0. The molecule has 36 valence electrons. The number of rotatable bonds is 0. The Morgan fingerprint density at radius 2 is 1.67 bits per heavy atom. The van der Waals surface area contributed by atoms with Crippen LogP contribution in [0.15, 0.2) is 0 Å². The van der Waals surface area contributed by atoms with Crippen LogP contribution in [0.5, 0.6) is 0 Å². The standard InChI is InChI=1S/CN.Au.2O.Ti/c1-2;;;;. The molecule has 0 aliphatic rings. The molecule has 3 nitrogen and oxygen atoms in total. The van der Waals surface area contributed by atoms with Crippen molar-refractivity contribution in [3.05, 3.63) is 0 Å². The zero-order valence-electron chi connectivity index (χ0n) is 2.57. The van der Waals surface area contributed by atoms with Crippen LogP contribution in [0.25, 0.3) is 0 Å². The zero-order valence-corrected chi connectivity index (χ0v) is 6.29. The van der Waals surface area contributed by atoms with Crippen molar-refractivity contribution in [3.8, 4) is 4.29 Å². The van der Waals surface area contributed by atoms with Gasteiger partial charge in [0.25, 0.3) is 0 Å². The Kier molecular flexibility index (Phi) is 28.7. The molecule has 0 amide bonds. The van der Waals surface area contributed by atoms with E-state index in [0.717, 1.165) is 0 Å². The van der Waals surface area contributed by atoms with Gasteiger partial charge < -0.3 is 0 Å². The van der Waals surface area contributed by atoms with Gasteiger partial charge in [-0.3, -0.25) is 0 Å². The number of nitrogens with zero attached hydrogens (tertiary/aromatic N) is 1. The van der Waals surface area contributed by atoms with Gasteiger partial charge in [0, 0.05) is 0 Å². The first-order valence-electron chi connectivity index (χ1n) is 0.783. The summed E-state index contributed by atoms with van der Waals surface area (Å²) in [6.07, 6.45) is 0. The fraction of sp³-hybridized carbons (Fsp3) is 0. The summed E-state index contributed by atoms with van der Waals surface area (Å²) in [4.78, 5) is 0. The van der Waals surface area contributed by atoms with E-state index in [1.54, 1.807) is 25.4 Å². The summed E-state index contributed by atoms with van der Waals surface area (Å²) < 4.78 is 18.7. The molecule has 5 heteroatoms. The molecule has 0 spiro atoms. The Labute approximate surface area is 56.2 Å². The Morgan fingerprint density at radius 1 is 1.67 bits per heavy atom. The molecule has 0 heterocycles. The van der Waals surface area contributed by atoms with Crippen LogP contribution in [0.1, 0.15) is 0 Å². The van der Waals surface area contributed by atoms with Crippen LogP contribution in [-0.4, -0.2) is 0 Å². The van der Waals surface area contributed by atoms with Crippen molar-refractivity contribution in [3.63, 3.8) is 0 Å². The molecular formula is CAuNO2Ti. The maximum atomic E-state index is 8.50. The molecule has 0 aliphatic heterocycles. The monoisotopic (exact) mass is 303 g/mol. The normalized spacial score (nSPS) is 2.83. The van der Waals surface area contributed by atoms with Crippen LogP contribution < -0.4 is 0 Å². The SMILES string of the molecule is N#[C][Au].[O]=[Ti]=[O]. The molecule has 0 saturated carbocycles. The van der Waals surface area contributed by atoms with Gasteiger partial charge in [0.05, 0.1) is 0 Å². The van der Waals surface area contributed by atoms with E-state index < -0.39 is 19.1 Å². The molecule has 0 aromatic rings. The number of nitriles is 1. The first kappa shape index (κ1) is 9.74. The number of hydrogen-bond acceptors (Lipinski definition) is 3. The van der Waals surface area contributed by atoms with Gasteiger partial charge >= 0.3 is 56.4 Å². The predicted octanol–water partition coefficient (Wildman–Crippen LogP) is -0.226. The van der Waals surface area contributed by atoms with Crippen molar-refractivity contribution in [2.45, 2.75) is 0 Å². The first-order chi connectivity index (χ1) is 2.83. The molecule has 0 radical (unpaired) electrons. The van der Waals surface area contributed by atoms with E-state index >= 15 is 0 Å². The van der Waals surface area contributed by atoms with Gasteiger partial charge in [-0.2, -0.15) is 0 Å².